The molecule has 0 spiro atoms. The van der Waals surface area contributed by atoms with Gasteiger partial charge in [-0.15, -0.1) is 12.4 Å². The van der Waals surface area contributed by atoms with Crippen LogP contribution in [0.5, 0.6) is 0 Å². The van der Waals surface area contributed by atoms with E-state index in [9.17, 15) is 12.8 Å². The minimum atomic E-state index is -3.69. The number of nitrogens with two attached hydrogens (primary N) is 1. The van der Waals surface area contributed by atoms with Gasteiger partial charge in [-0.1, -0.05) is 0 Å². The zero-order chi connectivity index (χ0) is 13.3. The second-order valence-electron chi connectivity index (χ2n) is 4.22. The molecule has 0 aromatic heterocycles. The Kier molecular flexibility index (Phi) is 5.76. The van der Waals surface area contributed by atoms with Crippen LogP contribution in [-0.2, 0) is 10.0 Å². The van der Waals surface area contributed by atoms with E-state index in [4.69, 9.17) is 5.73 Å². The van der Waals surface area contributed by atoms with Gasteiger partial charge >= 0.3 is 0 Å². The summed E-state index contributed by atoms with van der Waals surface area (Å²) >= 11 is 3.15. The molecule has 1 aliphatic heterocycles. The van der Waals surface area contributed by atoms with Crippen LogP contribution in [-0.4, -0.2) is 31.9 Å². The predicted octanol–water partition coefficient (Wildman–Crippen LogP) is 2.12. The summed E-state index contributed by atoms with van der Waals surface area (Å²) in [7, 11) is -3.69. The van der Waals surface area contributed by atoms with E-state index in [0.29, 0.717) is 11.0 Å². The molecule has 1 aromatic carbocycles. The molecule has 4 nitrogen and oxygen atoms in total. The zero-order valence-corrected chi connectivity index (χ0v) is 13.3. The minimum absolute atomic E-state index is 0. The second kappa shape index (κ2) is 6.49. The number of benzene rings is 1. The Morgan fingerprint density at radius 2 is 2.16 bits per heavy atom. The van der Waals surface area contributed by atoms with E-state index in [2.05, 4.69) is 15.9 Å². The van der Waals surface area contributed by atoms with Crippen LogP contribution in [0.1, 0.15) is 12.8 Å². The molecule has 0 radical (unpaired) electrons. The van der Waals surface area contributed by atoms with Gasteiger partial charge in [0.25, 0.3) is 0 Å². The molecule has 1 heterocycles. The SMILES string of the molecule is Cl.NCC1CCCN1S(=O)(=O)c1cc(F)ccc1Br. The van der Waals surface area contributed by atoms with Gasteiger partial charge in [-0.05, 0) is 47.0 Å². The molecule has 0 aliphatic carbocycles. The zero-order valence-electron chi connectivity index (χ0n) is 10.1. The summed E-state index contributed by atoms with van der Waals surface area (Å²) in [5, 5.41) is 0. The first-order valence-electron chi connectivity index (χ1n) is 5.64. The van der Waals surface area contributed by atoms with Crippen molar-refractivity contribution in [1.82, 2.24) is 4.31 Å². The molecular formula is C11H15BrClFN2O2S. The number of hydrogen-bond donors (Lipinski definition) is 1. The molecule has 1 fully saturated rings. The van der Waals surface area contributed by atoms with Crippen LogP contribution in [0.4, 0.5) is 4.39 Å². The Balaban J connectivity index is 0.00000180. The van der Waals surface area contributed by atoms with E-state index < -0.39 is 15.8 Å². The standard InChI is InChI=1S/C11H14BrFN2O2S.ClH/c12-10-4-3-8(13)6-11(10)18(16,17)15-5-1-2-9(15)7-14;/h3-4,6,9H,1-2,5,7,14H2;1H. The van der Waals surface area contributed by atoms with Crippen molar-refractivity contribution in [2.24, 2.45) is 5.73 Å². The van der Waals surface area contributed by atoms with Gasteiger partial charge in [-0.3, -0.25) is 0 Å². The number of sulfonamides is 1. The second-order valence-corrected chi connectivity index (χ2v) is 6.94. The average molecular weight is 374 g/mol. The van der Waals surface area contributed by atoms with E-state index >= 15 is 0 Å². The van der Waals surface area contributed by atoms with Crippen molar-refractivity contribution in [3.63, 3.8) is 0 Å². The lowest BCUT2D eigenvalue weighted by molar-refractivity contribution is 0.392. The van der Waals surface area contributed by atoms with Crippen LogP contribution < -0.4 is 5.73 Å². The molecule has 8 heteroatoms. The van der Waals surface area contributed by atoms with Gasteiger partial charge in [0.2, 0.25) is 10.0 Å². The van der Waals surface area contributed by atoms with Crippen molar-refractivity contribution in [2.45, 2.75) is 23.8 Å². The van der Waals surface area contributed by atoms with Crippen LogP contribution in [0, 0.1) is 5.82 Å². The van der Waals surface area contributed by atoms with Crippen LogP contribution in [0.2, 0.25) is 0 Å². The third-order valence-electron chi connectivity index (χ3n) is 3.08. The van der Waals surface area contributed by atoms with Gasteiger partial charge < -0.3 is 5.73 Å². The van der Waals surface area contributed by atoms with Crippen molar-refractivity contribution in [2.75, 3.05) is 13.1 Å². The maximum absolute atomic E-state index is 13.2. The molecule has 1 aromatic rings. The third kappa shape index (κ3) is 3.28. The molecule has 0 amide bonds. The summed E-state index contributed by atoms with van der Waals surface area (Å²) in [4.78, 5) is -0.0390. The van der Waals surface area contributed by atoms with E-state index in [-0.39, 0.29) is 29.9 Å². The molecule has 108 valence electrons. The maximum Gasteiger partial charge on any atom is 0.244 e. The highest BCUT2D eigenvalue weighted by molar-refractivity contribution is 9.10. The number of rotatable bonds is 3. The van der Waals surface area contributed by atoms with Gasteiger partial charge in [0.05, 0.1) is 4.90 Å². The lowest BCUT2D eigenvalue weighted by Gasteiger charge is -2.23. The Morgan fingerprint density at radius 3 is 2.79 bits per heavy atom. The van der Waals surface area contributed by atoms with Gasteiger partial charge in [0.15, 0.2) is 0 Å². The quantitative estimate of drug-likeness (QED) is 0.883. The monoisotopic (exact) mass is 372 g/mol. The highest BCUT2D eigenvalue weighted by Gasteiger charge is 2.35. The Labute approximate surface area is 126 Å². The fraction of sp³-hybridized carbons (Fsp3) is 0.455. The van der Waals surface area contributed by atoms with Crippen LogP contribution in [0.25, 0.3) is 0 Å². The van der Waals surface area contributed by atoms with Crippen molar-refractivity contribution in [3.05, 3.63) is 28.5 Å². The molecule has 2 N–H and O–H groups in total. The molecule has 0 saturated carbocycles. The number of halogens is 3. The highest BCUT2D eigenvalue weighted by atomic mass is 79.9. The van der Waals surface area contributed by atoms with Crippen molar-refractivity contribution in [3.8, 4) is 0 Å². The molecular weight excluding hydrogens is 359 g/mol. The van der Waals surface area contributed by atoms with Gasteiger partial charge in [-0.2, -0.15) is 4.31 Å². The first-order chi connectivity index (χ1) is 8.46. The Morgan fingerprint density at radius 1 is 1.47 bits per heavy atom. The first-order valence-corrected chi connectivity index (χ1v) is 7.87. The Hall–Kier alpha value is -0.210. The predicted molar refractivity (Wildman–Crippen MR) is 77.3 cm³/mol. The molecule has 2 rings (SSSR count). The van der Waals surface area contributed by atoms with Crippen molar-refractivity contribution >= 4 is 38.4 Å². The fourth-order valence-electron chi connectivity index (χ4n) is 2.16. The molecule has 1 atom stereocenters. The van der Waals surface area contributed by atoms with E-state index in [1.807, 2.05) is 0 Å². The largest absolute Gasteiger partial charge is 0.329 e. The molecule has 1 aliphatic rings. The Bertz CT molecular complexity index is 556. The van der Waals surface area contributed by atoms with E-state index in [0.717, 1.165) is 18.9 Å². The van der Waals surface area contributed by atoms with Crippen molar-refractivity contribution in [1.29, 1.82) is 0 Å². The van der Waals surface area contributed by atoms with Gasteiger partial charge in [0.1, 0.15) is 5.82 Å². The van der Waals surface area contributed by atoms with Gasteiger partial charge in [0, 0.05) is 23.6 Å². The lowest BCUT2D eigenvalue weighted by Crippen LogP contribution is -2.40. The van der Waals surface area contributed by atoms with Crippen LogP contribution in [0.15, 0.2) is 27.6 Å². The third-order valence-corrected chi connectivity index (χ3v) is 6.02. The molecule has 0 bridgehead atoms. The van der Waals surface area contributed by atoms with Gasteiger partial charge in [-0.25, -0.2) is 12.8 Å². The highest BCUT2D eigenvalue weighted by Crippen LogP contribution is 2.30. The summed E-state index contributed by atoms with van der Waals surface area (Å²) in [6, 6.07) is 3.46. The van der Waals surface area contributed by atoms with Crippen molar-refractivity contribution < 1.29 is 12.8 Å². The summed E-state index contributed by atoms with van der Waals surface area (Å²) < 4.78 is 39.9. The summed E-state index contributed by atoms with van der Waals surface area (Å²) in [5.41, 5.74) is 5.58. The normalized spacial score (nSPS) is 20.3. The lowest BCUT2D eigenvalue weighted by atomic mass is 10.2. The number of nitrogens with zero attached hydrogens (tertiary/aromatic N) is 1. The van der Waals surface area contributed by atoms with Crippen LogP contribution >= 0.6 is 28.3 Å². The topological polar surface area (TPSA) is 63.4 Å². The average Bonchev–Trinajstić information content (AvgIpc) is 2.81. The maximum atomic E-state index is 13.2. The van der Waals surface area contributed by atoms with E-state index in [1.54, 1.807) is 0 Å². The summed E-state index contributed by atoms with van der Waals surface area (Å²) in [5.74, 6) is -0.569. The first kappa shape index (κ1) is 16.8. The minimum Gasteiger partial charge on any atom is -0.329 e. The summed E-state index contributed by atoms with van der Waals surface area (Å²) in [6.45, 7) is 0.722. The van der Waals surface area contributed by atoms with Crippen LogP contribution in [0.3, 0.4) is 0 Å². The van der Waals surface area contributed by atoms with E-state index in [1.165, 1.54) is 16.4 Å². The molecule has 1 unspecified atom stereocenters. The molecule has 19 heavy (non-hydrogen) atoms. The molecule has 1 saturated heterocycles. The smallest absolute Gasteiger partial charge is 0.244 e. The summed E-state index contributed by atoms with van der Waals surface area (Å²) in [6.07, 6.45) is 1.54. The number of hydrogen-bond acceptors (Lipinski definition) is 3. The fourth-order valence-corrected chi connectivity index (χ4v) is 4.80.